The van der Waals surface area contributed by atoms with Crippen LogP contribution in [0.25, 0.3) is 0 Å². The average molecular weight is 313 g/mol. The van der Waals surface area contributed by atoms with Gasteiger partial charge in [-0.25, -0.2) is 0 Å². The highest BCUT2D eigenvalue weighted by Crippen LogP contribution is 2.22. The average Bonchev–Trinajstić information content (AvgIpc) is 2.94. The van der Waals surface area contributed by atoms with Gasteiger partial charge in [-0.05, 0) is 18.2 Å². The Bertz CT molecular complexity index is 616. The summed E-state index contributed by atoms with van der Waals surface area (Å²) in [6.45, 7) is -0.203. The number of alkyl halides is 2. The number of benzene rings is 1. The molecular formula is C14H13F2NO3S. The fourth-order valence-electron chi connectivity index (χ4n) is 1.69. The summed E-state index contributed by atoms with van der Waals surface area (Å²) in [4.78, 5) is 12.0. The molecule has 4 nitrogen and oxygen atoms in total. The van der Waals surface area contributed by atoms with Gasteiger partial charge in [0, 0.05) is 11.3 Å². The minimum atomic E-state index is -2.48. The molecule has 2 N–H and O–H groups in total. The molecule has 0 saturated heterocycles. The van der Waals surface area contributed by atoms with E-state index in [9.17, 15) is 18.7 Å². The molecule has 0 aliphatic carbocycles. The van der Waals surface area contributed by atoms with E-state index in [0.717, 1.165) is 0 Å². The second-order valence-corrected chi connectivity index (χ2v) is 5.09. The summed E-state index contributed by atoms with van der Waals surface area (Å²) in [6.07, 6.45) is 0. The number of carbonyl (C=O) groups excluding carboxylic acids is 1. The van der Waals surface area contributed by atoms with E-state index in [-0.39, 0.29) is 18.1 Å². The lowest BCUT2D eigenvalue weighted by atomic mass is 10.2. The molecule has 1 aromatic carbocycles. The van der Waals surface area contributed by atoms with E-state index >= 15 is 0 Å². The van der Waals surface area contributed by atoms with E-state index < -0.39 is 11.7 Å². The van der Waals surface area contributed by atoms with Gasteiger partial charge in [0.05, 0.1) is 12.4 Å². The van der Waals surface area contributed by atoms with Crippen LogP contribution >= 0.6 is 11.8 Å². The van der Waals surface area contributed by atoms with E-state index in [1.165, 1.54) is 12.1 Å². The van der Waals surface area contributed by atoms with E-state index in [1.54, 1.807) is 24.3 Å². The van der Waals surface area contributed by atoms with Gasteiger partial charge in [-0.15, -0.1) is 0 Å². The number of amides is 1. The van der Waals surface area contributed by atoms with Crippen LogP contribution in [0.15, 0.2) is 40.8 Å². The van der Waals surface area contributed by atoms with Gasteiger partial charge >= 0.3 is 0 Å². The molecule has 0 spiro atoms. The van der Waals surface area contributed by atoms with Crippen LogP contribution in [0.5, 0.6) is 0 Å². The van der Waals surface area contributed by atoms with Gasteiger partial charge in [0.25, 0.3) is 11.7 Å². The summed E-state index contributed by atoms with van der Waals surface area (Å²) >= 11 is 0.428. The lowest BCUT2D eigenvalue weighted by Crippen LogP contribution is -2.12. The van der Waals surface area contributed by atoms with Crippen LogP contribution in [0.3, 0.4) is 0 Å². The van der Waals surface area contributed by atoms with Crippen LogP contribution in [-0.4, -0.2) is 16.8 Å². The molecule has 2 aromatic rings. The Hall–Kier alpha value is -1.86. The molecule has 0 unspecified atom stereocenters. The van der Waals surface area contributed by atoms with E-state index in [1.807, 2.05) is 0 Å². The largest absolute Gasteiger partial charge is 0.455 e. The number of rotatable bonds is 6. The SMILES string of the molecule is O=C(Nc1ccccc1CO)c1ccc(CSC(F)F)o1. The Morgan fingerprint density at radius 3 is 2.76 bits per heavy atom. The molecule has 0 fully saturated rings. The van der Waals surface area contributed by atoms with Crippen molar-refractivity contribution < 1.29 is 23.1 Å². The molecule has 0 saturated carbocycles. The molecule has 112 valence electrons. The minimum absolute atomic E-state index is 0.00181. The fraction of sp³-hybridized carbons (Fsp3) is 0.214. The number of thioether (sulfide) groups is 1. The van der Waals surface area contributed by atoms with Crippen molar-refractivity contribution in [3.05, 3.63) is 53.5 Å². The summed E-state index contributed by atoms with van der Waals surface area (Å²) in [5.74, 6) is -2.64. The lowest BCUT2D eigenvalue weighted by molar-refractivity contribution is 0.0995. The predicted molar refractivity (Wildman–Crippen MR) is 76.3 cm³/mol. The molecule has 21 heavy (non-hydrogen) atoms. The van der Waals surface area contributed by atoms with Crippen molar-refractivity contribution in [3.63, 3.8) is 0 Å². The molecule has 0 radical (unpaired) electrons. The molecule has 0 aliphatic rings. The molecule has 1 aromatic heterocycles. The maximum atomic E-state index is 12.1. The number of anilines is 1. The van der Waals surface area contributed by atoms with Gasteiger partial charge < -0.3 is 14.8 Å². The summed E-state index contributed by atoms with van der Waals surface area (Å²) in [6, 6.07) is 9.72. The Labute approximate surface area is 124 Å². The molecule has 7 heteroatoms. The summed E-state index contributed by atoms with van der Waals surface area (Å²) in [7, 11) is 0. The van der Waals surface area contributed by atoms with Crippen molar-refractivity contribution in [2.75, 3.05) is 5.32 Å². The maximum Gasteiger partial charge on any atom is 0.291 e. The van der Waals surface area contributed by atoms with Gasteiger partial charge in [-0.3, -0.25) is 4.79 Å². The number of carbonyl (C=O) groups is 1. The van der Waals surface area contributed by atoms with Gasteiger partial charge in [0.1, 0.15) is 5.76 Å². The Morgan fingerprint density at radius 1 is 1.29 bits per heavy atom. The molecule has 2 rings (SSSR count). The van der Waals surface area contributed by atoms with Crippen molar-refractivity contribution in [1.29, 1.82) is 0 Å². The van der Waals surface area contributed by atoms with Crippen LogP contribution < -0.4 is 5.32 Å². The number of hydrogen-bond acceptors (Lipinski definition) is 4. The Balaban J connectivity index is 2.03. The summed E-state index contributed by atoms with van der Waals surface area (Å²) < 4.78 is 29.4. The first kappa shape index (κ1) is 15.5. The number of aliphatic hydroxyl groups is 1. The molecule has 1 heterocycles. The van der Waals surface area contributed by atoms with Crippen LogP contribution in [0.4, 0.5) is 14.5 Å². The highest BCUT2D eigenvalue weighted by Gasteiger charge is 2.14. The molecule has 0 bridgehead atoms. The Kier molecular flexibility index (Phi) is 5.35. The van der Waals surface area contributed by atoms with Gasteiger partial charge in [0.2, 0.25) is 0 Å². The third kappa shape index (κ3) is 4.30. The van der Waals surface area contributed by atoms with Crippen molar-refractivity contribution in [1.82, 2.24) is 0 Å². The standard InChI is InChI=1S/C14H13F2NO3S/c15-14(16)21-8-10-5-6-12(20-10)13(19)17-11-4-2-1-3-9(11)7-18/h1-6,14,18H,7-8H2,(H,17,19). The maximum absolute atomic E-state index is 12.1. The van der Waals surface area contributed by atoms with E-state index in [4.69, 9.17) is 4.42 Å². The van der Waals surface area contributed by atoms with E-state index in [0.29, 0.717) is 28.8 Å². The van der Waals surface area contributed by atoms with Gasteiger partial charge in [0.15, 0.2) is 5.76 Å². The van der Waals surface area contributed by atoms with Crippen molar-refractivity contribution >= 4 is 23.4 Å². The number of nitrogens with one attached hydrogen (secondary N) is 1. The van der Waals surface area contributed by atoms with Crippen LogP contribution in [-0.2, 0) is 12.4 Å². The molecular weight excluding hydrogens is 300 g/mol. The zero-order valence-corrected chi connectivity index (χ0v) is 11.7. The fourth-order valence-corrected chi connectivity index (χ4v) is 2.13. The van der Waals surface area contributed by atoms with Crippen molar-refractivity contribution in [2.45, 2.75) is 18.1 Å². The number of hydrogen-bond donors (Lipinski definition) is 2. The van der Waals surface area contributed by atoms with Crippen molar-refractivity contribution in [3.8, 4) is 0 Å². The molecule has 1 amide bonds. The normalized spacial score (nSPS) is 10.9. The monoisotopic (exact) mass is 313 g/mol. The molecule has 0 atom stereocenters. The number of aliphatic hydroxyl groups excluding tert-OH is 1. The van der Waals surface area contributed by atoms with Crippen LogP contribution in [0, 0.1) is 0 Å². The van der Waals surface area contributed by atoms with Gasteiger partial charge in [-0.2, -0.15) is 8.78 Å². The minimum Gasteiger partial charge on any atom is -0.455 e. The first-order valence-corrected chi connectivity index (χ1v) is 7.13. The molecule has 0 aliphatic heterocycles. The first-order valence-electron chi connectivity index (χ1n) is 6.08. The smallest absolute Gasteiger partial charge is 0.291 e. The third-order valence-electron chi connectivity index (χ3n) is 2.67. The van der Waals surface area contributed by atoms with Crippen LogP contribution in [0.1, 0.15) is 21.9 Å². The summed E-state index contributed by atoms with van der Waals surface area (Å²) in [5, 5.41) is 11.8. The highest BCUT2D eigenvalue weighted by atomic mass is 32.2. The zero-order valence-electron chi connectivity index (χ0n) is 10.9. The Morgan fingerprint density at radius 2 is 2.05 bits per heavy atom. The number of para-hydroxylation sites is 1. The second-order valence-electron chi connectivity index (χ2n) is 4.11. The number of halogens is 2. The van der Waals surface area contributed by atoms with Gasteiger partial charge in [-0.1, -0.05) is 30.0 Å². The zero-order chi connectivity index (χ0) is 15.2. The van der Waals surface area contributed by atoms with E-state index in [2.05, 4.69) is 5.32 Å². The predicted octanol–water partition coefficient (Wildman–Crippen LogP) is 3.48. The lowest BCUT2D eigenvalue weighted by Gasteiger charge is -2.07. The van der Waals surface area contributed by atoms with Crippen LogP contribution in [0.2, 0.25) is 0 Å². The second kappa shape index (κ2) is 7.24. The summed E-state index contributed by atoms with van der Waals surface area (Å²) in [5.41, 5.74) is 1.05. The quantitative estimate of drug-likeness (QED) is 0.857. The highest BCUT2D eigenvalue weighted by molar-refractivity contribution is 7.98. The van der Waals surface area contributed by atoms with Crippen molar-refractivity contribution in [2.24, 2.45) is 0 Å². The third-order valence-corrected chi connectivity index (χ3v) is 3.38. The topological polar surface area (TPSA) is 62.5 Å². The first-order chi connectivity index (χ1) is 10.1. The number of furan rings is 1.